The molecule has 0 spiro atoms. The first-order chi connectivity index (χ1) is 14.4. The fourth-order valence-corrected chi connectivity index (χ4v) is 3.89. The Morgan fingerprint density at radius 3 is 2.47 bits per heavy atom. The van der Waals surface area contributed by atoms with Crippen LogP contribution in [0.25, 0.3) is 0 Å². The molecule has 1 amide bonds. The highest BCUT2D eigenvalue weighted by Gasteiger charge is 2.25. The Balaban J connectivity index is 1.74. The Morgan fingerprint density at radius 1 is 1.20 bits per heavy atom. The van der Waals surface area contributed by atoms with Crippen LogP contribution in [-0.4, -0.2) is 49.5 Å². The van der Waals surface area contributed by atoms with Crippen LogP contribution in [0.3, 0.4) is 0 Å². The van der Waals surface area contributed by atoms with Crippen molar-refractivity contribution < 1.29 is 9.72 Å². The third kappa shape index (κ3) is 5.16. The Bertz CT molecular complexity index is 877. The van der Waals surface area contributed by atoms with Gasteiger partial charge in [-0.15, -0.1) is 0 Å². The van der Waals surface area contributed by atoms with E-state index in [2.05, 4.69) is 17.1 Å². The first-order valence-corrected chi connectivity index (χ1v) is 10.4. The van der Waals surface area contributed by atoms with E-state index in [1.807, 2.05) is 49.3 Å². The topological polar surface area (TPSA) is 78.7 Å². The van der Waals surface area contributed by atoms with Crippen LogP contribution in [0.1, 0.15) is 41.7 Å². The molecular formula is C23H30N4O3. The van der Waals surface area contributed by atoms with E-state index in [9.17, 15) is 14.9 Å². The van der Waals surface area contributed by atoms with Crippen molar-refractivity contribution in [3.63, 3.8) is 0 Å². The number of nitrogens with zero attached hydrogens (tertiary/aromatic N) is 3. The van der Waals surface area contributed by atoms with E-state index in [1.165, 1.54) is 6.07 Å². The minimum absolute atomic E-state index is 0.00979. The molecule has 1 heterocycles. The number of hydrogen-bond donors (Lipinski definition) is 1. The maximum Gasteiger partial charge on any atom is 0.293 e. The number of nitro groups is 1. The van der Waals surface area contributed by atoms with E-state index >= 15 is 0 Å². The highest BCUT2D eigenvalue weighted by atomic mass is 16.6. The van der Waals surface area contributed by atoms with E-state index in [0.29, 0.717) is 23.7 Å². The summed E-state index contributed by atoms with van der Waals surface area (Å²) >= 11 is 0. The lowest BCUT2D eigenvalue weighted by atomic mass is 9.98. The van der Waals surface area contributed by atoms with Gasteiger partial charge in [-0.25, -0.2) is 0 Å². The summed E-state index contributed by atoms with van der Waals surface area (Å²) in [6.07, 6.45) is 2.04. The van der Waals surface area contributed by atoms with Crippen LogP contribution < -0.4 is 10.2 Å². The number of likely N-dealkylation sites (N-methyl/N-ethyl adjacent to an activating group) is 1. The second kappa shape index (κ2) is 9.71. The van der Waals surface area contributed by atoms with Gasteiger partial charge in [-0.05, 0) is 50.6 Å². The van der Waals surface area contributed by atoms with E-state index in [4.69, 9.17) is 0 Å². The first-order valence-electron chi connectivity index (χ1n) is 10.4. The molecule has 3 rings (SSSR count). The summed E-state index contributed by atoms with van der Waals surface area (Å²) in [5.41, 5.74) is 1.99. The number of anilines is 1. The average molecular weight is 411 g/mol. The minimum Gasteiger partial charge on any atom is -0.366 e. The number of nitrogens with one attached hydrogen (secondary N) is 1. The minimum atomic E-state index is -0.392. The third-order valence-corrected chi connectivity index (χ3v) is 5.82. The van der Waals surface area contributed by atoms with Crippen molar-refractivity contribution in [2.24, 2.45) is 5.92 Å². The number of hydrogen-bond acceptors (Lipinski definition) is 5. The summed E-state index contributed by atoms with van der Waals surface area (Å²) in [6.45, 7) is 4.22. The molecule has 0 bridgehead atoms. The zero-order valence-corrected chi connectivity index (χ0v) is 17.9. The molecule has 1 fully saturated rings. The largest absolute Gasteiger partial charge is 0.366 e. The number of nitro benzene ring substituents is 1. The molecule has 0 saturated carbocycles. The van der Waals surface area contributed by atoms with Crippen molar-refractivity contribution in [1.29, 1.82) is 0 Å². The summed E-state index contributed by atoms with van der Waals surface area (Å²) in [5, 5.41) is 14.6. The molecule has 0 aliphatic carbocycles. The third-order valence-electron chi connectivity index (χ3n) is 5.82. The zero-order chi connectivity index (χ0) is 21.7. The van der Waals surface area contributed by atoms with Gasteiger partial charge in [0.2, 0.25) is 0 Å². The number of carbonyl (C=O) groups is 1. The number of rotatable bonds is 7. The van der Waals surface area contributed by atoms with Crippen LogP contribution >= 0.6 is 0 Å². The monoisotopic (exact) mass is 410 g/mol. The molecule has 0 radical (unpaired) electrons. The van der Waals surface area contributed by atoms with E-state index in [-0.39, 0.29) is 17.6 Å². The lowest BCUT2D eigenvalue weighted by Crippen LogP contribution is -2.35. The molecular weight excluding hydrogens is 380 g/mol. The number of piperidine rings is 1. The fourth-order valence-electron chi connectivity index (χ4n) is 3.89. The van der Waals surface area contributed by atoms with Gasteiger partial charge in [0.05, 0.1) is 11.0 Å². The zero-order valence-electron chi connectivity index (χ0n) is 17.9. The second-order valence-electron chi connectivity index (χ2n) is 8.23. The molecule has 1 atom stereocenters. The van der Waals surface area contributed by atoms with Crippen LogP contribution in [0.15, 0.2) is 48.5 Å². The van der Waals surface area contributed by atoms with Crippen LogP contribution in [0.5, 0.6) is 0 Å². The van der Waals surface area contributed by atoms with Gasteiger partial charge in [-0.1, -0.05) is 37.3 Å². The fraction of sp³-hybridized carbons (Fsp3) is 0.435. The van der Waals surface area contributed by atoms with E-state index < -0.39 is 4.92 Å². The van der Waals surface area contributed by atoms with Gasteiger partial charge in [-0.2, -0.15) is 0 Å². The Hall–Kier alpha value is -2.93. The predicted octanol–water partition coefficient (Wildman–Crippen LogP) is 3.86. The summed E-state index contributed by atoms with van der Waals surface area (Å²) < 4.78 is 0. The molecule has 7 nitrogen and oxygen atoms in total. The van der Waals surface area contributed by atoms with Crippen molar-refractivity contribution >= 4 is 17.3 Å². The molecule has 1 aliphatic rings. The normalized spacial score (nSPS) is 15.8. The lowest BCUT2D eigenvalue weighted by molar-refractivity contribution is -0.384. The molecule has 30 heavy (non-hydrogen) atoms. The van der Waals surface area contributed by atoms with E-state index in [1.54, 1.807) is 12.1 Å². The first kappa shape index (κ1) is 21.8. The molecule has 0 aromatic heterocycles. The van der Waals surface area contributed by atoms with E-state index in [0.717, 1.165) is 31.5 Å². The van der Waals surface area contributed by atoms with Gasteiger partial charge in [0.25, 0.3) is 11.6 Å². The van der Waals surface area contributed by atoms with Crippen LogP contribution in [-0.2, 0) is 0 Å². The molecule has 1 saturated heterocycles. The Kier molecular flexibility index (Phi) is 7.05. The molecule has 160 valence electrons. The standard InChI is InChI=1S/C23H30N4O3/c1-17-11-13-26(14-12-17)20-10-9-19(15-21(20)27(29)30)23(28)24-16-22(25(2)3)18-7-5-4-6-8-18/h4-10,15,17,22H,11-14,16H2,1-3H3,(H,24,28)/t22-/m0/s1. The number of amides is 1. The highest BCUT2D eigenvalue weighted by molar-refractivity contribution is 5.95. The summed E-state index contributed by atoms with van der Waals surface area (Å²) in [7, 11) is 3.92. The second-order valence-corrected chi connectivity index (χ2v) is 8.23. The molecule has 1 N–H and O–H groups in total. The maximum absolute atomic E-state index is 12.7. The Morgan fingerprint density at radius 2 is 1.87 bits per heavy atom. The predicted molar refractivity (Wildman–Crippen MR) is 119 cm³/mol. The molecule has 2 aromatic carbocycles. The summed E-state index contributed by atoms with van der Waals surface area (Å²) in [4.78, 5) is 28.1. The van der Waals surface area contributed by atoms with Gasteiger partial charge in [0.1, 0.15) is 5.69 Å². The maximum atomic E-state index is 12.7. The van der Waals surface area contributed by atoms with Crippen LogP contribution in [0.4, 0.5) is 11.4 Å². The van der Waals surface area contributed by atoms with Crippen LogP contribution in [0, 0.1) is 16.0 Å². The molecule has 1 aliphatic heterocycles. The molecule has 7 heteroatoms. The van der Waals surface area contributed by atoms with Gasteiger partial charge >= 0.3 is 0 Å². The molecule has 0 unspecified atom stereocenters. The lowest BCUT2D eigenvalue weighted by Gasteiger charge is -2.31. The summed E-state index contributed by atoms with van der Waals surface area (Å²) in [6, 6.07) is 14.8. The average Bonchev–Trinajstić information content (AvgIpc) is 2.74. The van der Waals surface area contributed by atoms with Crippen molar-refractivity contribution in [3.8, 4) is 0 Å². The van der Waals surface area contributed by atoms with Crippen molar-refractivity contribution in [1.82, 2.24) is 10.2 Å². The van der Waals surface area contributed by atoms with Gasteiger partial charge in [-0.3, -0.25) is 14.9 Å². The quantitative estimate of drug-likeness (QED) is 0.554. The molecule has 2 aromatic rings. The Labute approximate surface area is 177 Å². The van der Waals surface area contributed by atoms with Gasteiger partial charge < -0.3 is 15.1 Å². The van der Waals surface area contributed by atoms with Crippen LogP contribution in [0.2, 0.25) is 0 Å². The van der Waals surface area contributed by atoms with Crippen molar-refractivity contribution in [2.75, 3.05) is 38.6 Å². The highest BCUT2D eigenvalue weighted by Crippen LogP contribution is 2.32. The smallest absolute Gasteiger partial charge is 0.293 e. The van der Waals surface area contributed by atoms with Gasteiger partial charge in [0.15, 0.2) is 0 Å². The van der Waals surface area contributed by atoms with Crippen molar-refractivity contribution in [3.05, 3.63) is 69.8 Å². The number of benzene rings is 2. The SMILES string of the molecule is CC1CCN(c2ccc(C(=O)NC[C@@H](c3ccccc3)N(C)C)cc2[N+](=O)[O-])CC1. The summed E-state index contributed by atoms with van der Waals surface area (Å²) in [5.74, 6) is 0.333. The van der Waals surface area contributed by atoms with Gasteiger partial charge in [0, 0.05) is 31.3 Å². The number of carbonyl (C=O) groups excluding carboxylic acids is 1. The van der Waals surface area contributed by atoms with Crippen molar-refractivity contribution in [2.45, 2.75) is 25.8 Å².